The summed E-state index contributed by atoms with van der Waals surface area (Å²) in [6, 6.07) is 1.50. The Bertz CT molecular complexity index is 441. The van der Waals surface area contributed by atoms with Crippen LogP contribution >= 0.6 is 0 Å². The van der Waals surface area contributed by atoms with Crippen molar-refractivity contribution >= 4 is 23.9 Å². The van der Waals surface area contributed by atoms with E-state index in [1.807, 2.05) is 0 Å². The van der Waals surface area contributed by atoms with Gasteiger partial charge in [0.05, 0.1) is 0 Å². The van der Waals surface area contributed by atoms with Crippen molar-refractivity contribution in [3.63, 3.8) is 0 Å². The fraction of sp³-hybridized carbons (Fsp3) is 0.167. The van der Waals surface area contributed by atoms with E-state index in [1.165, 1.54) is 6.07 Å². The highest BCUT2D eigenvalue weighted by molar-refractivity contribution is 6.58. The van der Waals surface area contributed by atoms with Gasteiger partial charge in [0.2, 0.25) is 0 Å². The monoisotopic (exact) mass is 178 g/mol. The van der Waals surface area contributed by atoms with Gasteiger partial charge in [-0.25, -0.2) is 4.98 Å². The summed E-state index contributed by atoms with van der Waals surface area (Å²) < 4.78 is 0. The van der Waals surface area contributed by atoms with Crippen molar-refractivity contribution in [2.24, 2.45) is 0 Å². The van der Waals surface area contributed by atoms with Crippen molar-refractivity contribution in [2.45, 2.75) is 6.92 Å². The van der Waals surface area contributed by atoms with Gasteiger partial charge in [0.25, 0.3) is 0 Å². The number of nitrogens with one attached hydrogen (secondary N) is 1. The lowest BCUT2D eigenvalue weighted by Gasteiger charge is -1.90. The molecule has 0 spiro atoms. The van der Waals surface area contributed by atoms with Gasteiger partial charge in [-0.1, -0.05) is 0 Å². The zero-order chi connectivity index (χ0) is 9.42. The predicted octanol–water partition coefficient (Wildman–Crippen LogP) is -1.66. The molecule has 13 heavy (non-hydrogen) atoms. The number of aryl methyl sites for hydroxylation is 1. The summed E-state index contributed by atoms with van der Waals surface area (Å²) in [7, 11) is -1.53. The minimum absolute atomic E-state index is 0.266. The van der Waals surface area contributed by atoms with E-state index < -0.39 is 7.12 Å². The van der Waals surface area contributed by atoms with Crippen molar-refractivity contribution < 1.29 is 10.0 Å². The van der Waals surface area contributed by atoms with E-state index in [9.17, 15) is 0 Å². The molecule has 0 amide bonds. The first kappa shape index (κ1) is 8.15. The highest BCUT2D eigenvalue weighted by atomic mass is 16.4. The normalized spacial score (nSPS) is 10.7. The molecule has 7 heteroatoms. The Labute approximate surface area is 73.8 Å². The SMILES string of the molecule is Cc1nnc2cc(B(O)O)[nH]c2n1. The minimum atomic E-state index is -1.53. The van der Waals surface area contributed by atoms with E-state index in [1.54, 1.807) is 6.92 Å². The van der Waals surface area contributed by atoms with Gasteiger partial charge in [-0.15, -0.1) is 10.2 Å². The molecule has 3 N–H and O–H groups in total. The highest BCUT2D eigenvalue weighted by Crippen LogP contribution is 2.02. The van der Waals surface area contributed by atoms with Crippen LogP contribution < -0.4 is 5.59 Å². The van der Waals surface area contributed by atoms with Crippen LogP contribution in [0.15, 0.2) is 6.07 Å². The number of aromatic amines is 1. The van der Waals surface area contributed by atoms with Crippen molar-refractivity contribution in [3.05, 3.63) is 11.9 Å². The molecule has 0 atom stereocenters. The van der Waals surface area contributed by atoms with Crippen molar-refractivity contribution in [1.29, 1.82) is 0 Å². The molecule has 6 nitrogen and oxygen atoms in total. The lowest BCUT2D eigenvalue weighted by molar-refractivity contribution is 0.424. The van der Waals surface area contributed by atoms with E-state index in [2.05, 4.69) is 20.2 Å². The molecule has 0 aliphatic heterocycles. The van der Waals surface area contributed by atoms with Gasteiger partial charge in [0, 0.05) is 5.59 Å². The molecule has 66 valence electrons. The maximum Gasteiger partial charge on any atom is 0.505 e. The molecule has 2 rings (SSSR count). The smallest absolute Gasteiger partial charge is 0.422 e. The zero-order valence-corrected chi connectivity index (χ0v) is 6.89. The van der Waals surface area contributed by atoms with Crippen LogP contribution in [0.5, 0.6) is 0 Å². The van der Waals surface area contributed by atoms with Crippen molar-refractivity contribution in [1.82, 2.24) is 20.2 Å². The number of rotatable bonds is 1. The van der Waals surface area contributed by atoms with Crippen LogP contribution in [0, 0.1) is 6.92 Å². The maximum absolute atomic E-state index is 8.84. The van der Waals surface area contributed by atoms with Crippen LogP contribution in [0.25, 0.3) is 11.2 Å². The molecule has 2 heterocycles. The van der Waals surface area contributed by atoms with Crippen molar-refractivity contribution in [3.8, 4) is 0 Å². The summed E-state index contributed by atoms with van der Waals surface area (Å²) in [5.74, 6) is 0.535. The zero-order valence-electron chi connectivity index (χ0n) is 6.89. The van der Waals surface area contributed by atoms with Crippen LogP contribution in [0.3, 0.4) is 0 Å². The summed E-state index contributed by atoms with van der Waals surface area (Å²) in [6.07, 6.45) is 0. The van der Waals surface area contributed by atoms with E-state index >= 15 is 0 Å². The molecule has 0 unspecified atom stereocenters. The fourth-order valence-corrected chi connectivity index (χ4v) is 1.06. The Morgan fingerprint density at radius 1 is 1.38 bits per heavy atom. The molecule has 0 aromatic carbocycles. The number of fused-ring (bicyclic) bond motifs is 1. The topological polar surface area (TPSA) is 94.9 Å². The quantitative estimate of drug-likeness (QED) is 0.454. The standard InChI is InChI=1S/C6H7BN4O2/c1-3-8-6-4(11-10-3)2-5(9-6)7(12)13/h2,12-13H,1H3,(H,8,9,10). The van der Waals surface area contributed by atoms with Crippen LogP contribution in [0.4, 0.5) is 0 Å². The highest BCUT2D eigenvalue weighted by Gasteiger charge is 2.15. The van der Waals surface area contributed by atoms with Crippen LogP contribution in [-0.2, 0) is 0 Å². The first-order chi connectivity index (χ1) is 6.16. The van der Waals surface area contributed by atoms with Crippen molar-refractivity contribution in [2.75, 3.05) is 0 Å². The molecule has 0 aliphatic carbocycles. The Morgan fingerprint density at radius 2 is 2.15 bits per heavy atom. The maximum atomic E-state index is 8.84. The molecule has 0 saturated carbocycles. The van der Waals surface area contributed by atoms with Gasteiger partial charge in [-0.05, 0) is 13.0 Å². The average Bonchev–Trinajstić information content (AvgIpc) is 2.46. The molecule has 2 aromatic heterocycles. The number of aromatic nitrogens is 4. The van der Waals surface area contributed by atoms with Crippen LogP contribution in [0.1, 0.15) is 5.82 Å². The van der Waals surface area contributed by atoms with Crippen LogP contribution in [0.2, 0.25) is 0 Å². The number of H-pyrrole nitrogens is 1. The summed E-state index contributed by atoms with van der Waals surface area (Å²) >= 11 is 0. The van der Waals surface area contributed by atoms with E-state index in [0.29, 0.717) is 17.0 Å². The van der Waals surface area contributed by atoms with Gasteiger partial charge in [-0.3, -0.25) is 0 Å². The van der Waals surface area contributed by atoms with Gasteiger partial charge in [0.1, 0.15) is 11.3 Å². The Hall–Kier alpha value is -1.47. The average molecular weight is 178 g/mol. The minimum Gasteiger partial charge on any atom is -0.422 e. The third-order valence-electron chi connectivity index (χ3n) is 1.65. The molecule has 0 radical (unpaired) electrons. The Balaban J connectivity index is 2.62. The molecule has 0 saturated heterocycles. The summed E-state index contributed by atoms with van der Waals surface area (Å²) in [5.41, 5.74) is 1.30. The van der Waals surface area contributed by atoms with E-state index in [0.717, 1.165) is 0 Å². The van der Waals surface area contributed by atoms with Gasteiger partial charge in [0.15, 0.2) is 5.65 Å². The molecule has 0 fully saturated rings. The van der Waals surface area contributed by atoms with Gasteiger partial charge in [-0.2, -0.15) is 0 Å². The number of hydrogen-bond acceptors (Lipinski definition) is 5. The second-order valence-electron chi connectivity index (χ2n) is 2.69. The first-order valence-corrected chi connectivity index (χ1v) is 3.73. The molecule has 0 bridgehead atoms. The second kappa shape index (κ2) is 2.79. The van der Waals surface area contributed by atoms with E-state index in [-0.39, 0.29) is 5.59 Å². The number of hydrogen-bond donors (Lipinski definition) is 3. The molecular weight excluding hydrogens is 171 g/mol. The molecule has 2 aromatic rings. The molecular formula is C6H7BN4O2. The molecule has 0 aliphatic rings. The summed E-state index contributed by atoms with van der Waals surface area (Å²) in [4.78, 5) is 6.75. The lowest BCUT2D eigenvalue weighted by atomic mass is 9.87. The van der Waals surface area contributed by atoms with E-state index in [4.69, 9.17) is 10.0 Å². The summed E-state index contributed by atoms with van der Waals surface area (Å²) in [5, 5.41) is 25.2. The third kappa shape index (κ3) is 1.39. The largest absolute Gasteiger partial charge is 0.505 e. The summed E-state index contributed by atoms with van der Waals surface area (Å²) in [6.45, 7) is 1.71. The third-order valence-corrected chi connectivity index (χ3v) is 1.65. The predicted molar refractivity (Wildman–Crippen MR) is 46.2 cm³/mol. The number of nitrogens with zero attached hydrogens (tertiary/aromatic N) is 3. The Kier molecular flexibility index (Phi) is 1.75. The second-order valence-corrected chi connectivity index (χ2v) is 2.69. The Morgan fingerprint density at radius 3 is 2.85 bits per heavy atom. The fourth-order valence-electron chi connectivity index (χ4n) is 1.06. The van der Waals surface area contributed by atoms with Crippen LogP contribution in [-0.4, -0.2) is 37.3 Å². The van der Waals surface area contributed by atoms with Gasteiger partial charge < -0.3 is 15.0 Å². The first-order valence-electron chi connectivity index (χ1n) is 3.73. The van der Waals surface area contributed by atoms with Gasteiger partial charge >= 0.3 is 7.12 Å². The lowest BCUT2D eigenvalue weighted by Crippen LogP contribution is -2.30.